The Morgan fingerprint density at radius 2 is 2.00 bits per heavy atom. The van der Waals surface area contributed by atoms with Crippen molar-refractivity contribution < 1.29 is 9.59 Å². The zero-order valence-corrected chi connectivity index (χ0v) is 14.6. The fraction of sp³-hybridized carbons (Fsp3) is 0.353. The van der Waals surface area contributed by atoms with Crippen molar-refractivity contribution in [3.63, 3.8) is 0 Å². The summed E-state index contributed by atoms with van der Waals surface area (Å²) in [5.74, 6) is -0.291. The third kappa shape index (κ3) is 4.39. The predicted octanol–water partition coefficient (Wildman–Crippen LogP) is 3.40. The van der Waals surface area contributed by atoms with E-state index in [0.717, 1.165) is 17.0 Å². The lowest BCUT2D eigenvalue weighted by atomic mass is 10.1. The van der Waals surface area contributed by atoms with Gasteiger partial charge in [0, 0.05) is 17.3 Å². The molecule has 0 radical (unpaired) electrons. The molecular weight excluding hydrogens is 310 g/mol. The van der Waals surface area contributed by atoms with Crippen molar-refractivity contribution in [2.45, 2.75) is 40.2 Å². The summed E-state index contributed by atoms with van der Waals surface area (Å²) in [6.45, 7) is 7.70. The minimum Gasteiger partial charge on any atom is -0.350 e. The van der Waals surface area contributed by atoms with Crippen molar-refractivity contribution in [3.8, 4) is 0 Å². The van der Waals surface area contributed by atoms with Gasteiger partial charge in [-0.15, -0.1) is 11.3 Å². The van der Waals surface area contributed by atoms with Crippen LogP contribution in [0.4, 0.5) is 5.69 Å². The number of hydrogen-bond donors (Lipinski definition) is 2. The van der Waals surface area contributed by atoms with E-state index in [1.807, 2.05) is 27.7 Å². The highest BCUT2D eigenvalue weighted by atomic mass is 32.1. The molecule has 1 heterocycles. The summed E-state index contributed by atoms with van der Waals surface area (Å²) in [6, 6.07) is 5.33. The predicted molar refractivity (Wildman–Crippen MR) is 93.2 cm³/mol. The molecule has 1 aromatic heterocycles. The van der Waals surface area contributed by atoms with Gasteiger partial charge >= 0.3 is 0 Å². The van der Waals surface area contributed by atoms with E-state index in [9.17, 15) is 9.59 Å². The molecular formula is C17H21N3O2S. The van der Waals surface area contributed by atoms with Gasteiger partial charge in [-0.1, -0.05) is 6.92 Å². The first-order valence-corrected chi connectivity index (χ1v) is 8.40. The lowest BCUT2D eigenvalue weighted by molar-refractivity contribution is 0.0942. The molecule has 0 spiro atoms. The maximum atomic E-state index is 12.2. The van der Waals surface area contributed by atoms with Crippen LogP contribution in [0.15, 0.2) is 24.4 Å². The Bertz CT molecular complexity index is 722. The van der Waals surface area contributed by atoms with Gasteiger partial charge in [-0.25, -0.2) is 4.98 Å². The summed E-state index contributed by atoms with van der Waals surface area (Å²) in [7, 11) is 0. The molecule has 0 saturated carbocycles. The van der Waals surface area contributed by atoms with Crippen molar-refractivity contribution >= 4 is 28.8 Å². The molecule has 2 amide bonds. The highest BCUT2D eigenvalue weighted by Gasteiger charge is 2.13. The molecule has 0 bridgehead atoms. The van der Waals surface area contributed by atoms with Gasteiger partial charge in [-0.2, -0.15) is 0 Å². The third-order valence-electron chi connectivity index (χ3n) is 3.24. The molecule has 5 nitrogen and oxygen atoms in total. The quantitative estimate of drug-likeness (QED) is 0.882. The Labute approximate surface area is 140 Å². The number of aromatic nitrogens is 1. The topological polar surface area (TPSA) is 71.1 Å². The molecule has 2 aromatic rings. The van der Waals surface area contributed by atoms with Gasteiger partial charge in [0.15, 0.2) is 0 Å². The first-order valence-electron chi connectivity index (χ1n) is 7.58. The van der Waals surface area contributed by atoms with Crippen LogP contribution in [0.3, 0.4) is 0 Å². The van der Waals surface area contributed by atoms with Crippen LogP contribution in [0.1, 0.15) is 51.4 Å². The van der Waals surface area contributed by atoms with E-state index in [1.54, 1.807) is 24.4 Å². The van der Waals surface area contributed by atoms with Gasteiger partial charge in [-0.3, -0.25) is 9.59 Å². The summed E-state index contributed by atoms with van der Waals surface area (Å²) >= 11 is 1.39. The Hall–Kier alpha value is -2.21. The molecule has 0 aliphatic heterocycles. The number of aryl methyl sites for hydroxylation is 2. The number of nitrogens with one attached hydrogen (secondary N) is 2. The minimum atomic E-state index is -0.176. The fourth-order valence-corrected chi connectivity index (χ4v) is 2.81. The number of benzene rings is 1. The van der Waals surface area contributed by atoms with Crippen molar-refractivity contribution in [1.82, 2.24) is 10.3 Å². The maximum Gasteiger partial charge on any atom is 0.267 e. The molecule has 2 N–H and O–H groups in total. The van der Waals surface area contributed by atoms with Crippen molar-refractivity contribution in [2.24, 2.45) is 0 Å². The SMILES string of the molecule is CCc1ncc(C(=O)Nc2ccc(C(=O)NC(C)C)cc2C)s1. The van der Waals surface area contributed by atoms with Gasteiger partial charge in [0.05, 0.1) is 11.2 Å². The molecule has 0 fully saturated rings. The maximum absolute atomic E-state index is 12.2. The second kappa shape index (κ2) is 7.37. The van der Waals surface area contributed by atoms with E-state index in [0.29, 0.717) is 16.1 Å². The Balaban J connectivity index is 2.11. The fourth-order valence-electron chi connectivity index (χ4n) is 2.05. The number of amides is 2. The zero-order chi connectivity index (χ0) is 17.0. The van der Waals surface area contributed by atoms with E-state index in [1.165, 1.54) is 11.3 Å². The number of carbonyl (C=O) groups excluding carboxylic acids is 2. The highest BCUT2D eigenvalue weighted by molar-refractivity contribution is 7.13. The lowest BCUT2D eigenvalue weighted by Gasteiger charge is -2.11. The molecule has 6 heteroatoms. The normalized spacial score (nSPS) is 10.7. The van der Waals surface area contributed by atoms with Crippen molar-refractivity contribution in [3.05, 3.63) is 45.4 Å². The van der Waals surface area contributed by atoms with Crippen LogP contribution in [-0.4, -0.2) is 22.8 Å². The molecule has 1 aromatic carbocycles. The molecule has 23 heavy (non-hydrogen) atoms. The Kier molecular flexibility index (Phi) is 5.50. The van der Waals surface area contributed by atoms with Crippen molar-refractivity contribution in [2.75, 3.05) is 5.32 Å². The van der Waals surface area contributed by atoms with Crippen LogP contribution in [0.2, 0.25) is 0 Å². The van der Waals surface area contributed by atoms with E-state index >= 15 is 0 Å². The number of rotatable bonds is 5. The Morgan fingerprint density at radius 3 is 2.57 bits per heavy atom. The summed E-state index contributed by atoms with van der Waals surface area (Å²) < 4.78 is 0. The molecule has 2 rings (SSSR count). The number of thiazole rings is 1. The van der Waals surface area contributed by atoms with Gasteiger partial charge in [-0.05, 0) is 51.0 Å². The minimum absolute atomic E-state index is 0.0845. The molecule has 0 saturated heterocycles. The van der Waals surface area contributed by atoms with Gasteiger partial charge in [0.25, 0.3) is 11.8 Å². The zero-order valence-electron chi connectivity index (χ0n) is 13.8. The molecule has 0 aliphatic rings. The Morgan fingerprint density at radius 1 is 1.26 bits per heavy atom. The number of nitrogens with zero attached hydrogens (tertiary/aromatic N) is 1. The summed E-state index contributed by atoms with van der Waals surface area (Å²) in [4.78, 5) is 29.0. The van der Waals surface area contributed by atoms with Crippen LogP contribution >= 0.6 is 11.3 Å². The van der Waals surface area contributed by atoms with E-state index in [-0.39, 0.29) is 17.9 Å². The largest absolute Gasteiger partial charge is 0.350 e. The van der Waals surface area contributed by atoms with Crippen LogP contribution in [0.25, 0.3) is 0 Å². The van der Waals surface area contributed by atoms with Crippen LogP contribution in [0.5, 0.6) is 0 Å². The second-order valence-electron chi connectivity index (χ2n) is 5.58. The average molecular weight is 331 g/mol. The number of carbonyl (C=O) groups is 2. The van der Waals surface area contributed by atoms with Crippen LogP contribution < -0.4 is 10.6 Å². The average Bonchev–Trinajstić information content (AvgIpc) is 2.97. The third-order valence-corrected chi connectivity index (χ3v) is 4.38. The summed E-state index contributed by atoms with van der Waals surface area (Å²) in [5, 5.41) is 6.66. The van der Waals surface area contributed by atoms with Crippen molar-refractivity contribution in [1.29, 1.82) is 0 Å². The van der Waals surface area contributed by atoms with E-state index in [2.05, 4.69) is 15.6 Å². The number of hydrogen-bond acceptors (Lipinski definition) is 4. The van der Waals surface area contributed by atoms with Crippen LogP contribution in [0, 0.1) is 6.92 Å². The summed E-state index contributed by atoms with van der Waals surface area (Å²) in [5.41, 5.74) is 2.12. The number of anilines is 1. The molecule has 0 aliphatic carbocycles. The van der Waals surface area contributed by atoms with E-state index in [4.69, 9.17) is 0 Å². The standard InChI is InChI=1S/C17H21N3O2S/c1-5-15-18-9-14(23-15)17(22)20-13-7-6-12(8-11(13)4)16(21)19-10(2)3/h6-10H,5H2,1-4H3,(H,19,21)(H,20,22). The smallest absolute Gasteiger partial charge is 0.267 e. The first-order chi connectivity index (χ1) is 10.9. The first kappa shape index (κ1) is 17.1. The van der Waals surface area contributed by atoms with Gasteiger partial charge < -0.3 is 10.6 Å². The second-order valence-corrected chi connectivity index (χ2v) is 6.70. The highest BCUT2D eigenvalue weighted by Crippen LogP contribution is 2.20. The monoisotopic (exact) mass is 331 g/mol. The molecule has 0 unspecified atom stereocenters. The van der Waals surface area contributed by atoms with Gasteiger partial charge in [0.2, 0.25) is 0 Å². The summed E-state index contributed by atoms with van der Waals surface area (Å²) in [6.07, 6.45) is 2.41. The van der Waals surface area contributed by atoms with Crippen LogP contribution in [-0.2, 0) is 6.42 Å². The van der Waals surface area contributed by atoms with E-state index < -0.39 is 0 Å². The van der Waals surface area contributed by atoms with Gasteiger partial charge in [0.1, 0.15) is 4.88 Å². The molecule has 0 atom stereocenters. The lowest BCUT2D eigenvalue weighted by Crippen LogP contribution is -2.30. The molecule has 122 valence electrons.